The van der Waals surface area contributed by atoms with Crippen LogP contribution in [-0.2, 0) is 11.3 Å². The standard InChI is InChI=1S/C8H10ClN3O5/c9-1-3-17-4-2-11-5-6(12(15)16)7(13)10-8(11)14/h5H,1-4H2,(H,10,13,14). The highest BCUT2D eigenvalue weighted by Gasteiger charge is 2.14. The molecule has 17 heavy (non-hydrogen) atoms. The van der Waals surface area contributed by atoms with Gasteiger partial charge in [0.05, 0.1) is 30.9 Å². The smallest absolute Gasteiger partial charge is 0.350 e. The van der Waals surface area contributed by atoms with E-state index in [9.17, 15) is 19.7 Å². The number of nitro groups is 1. The van der Waals surface area contributed by atoms with E-state index in [0.29, 0.717) is 12.5 Å². The van der Waals surface area contributed by atoms with E-state index in [-0.39, 0.29) is 13.2 Å². The fraction of sp³-hybridized carbons (Fsp3) is 0.500. The Kier molecular flexibility index (Phi) is 4.85. The van der Waals surface area contributed by atoms with Crippen molar-refractivity contribution in [2.24, 2.45) is 0 Å². The van der Waals surface area contributed by atoms with Crippen LogP contribution >= 0.6 is 11.6 Å². The summed E-state index contributed by atoms with van der Waals surface area (Å²) in [6.07, 6.45) is 0.894. The molecule has 0 bridgehead atoms. The summed E-state index contributed by atoms with van der Waals surface area (Å²) in [5.41, 5.74) is -2.41. The minimum Gasteiger partial charge on any atom is -0.378 e. The number of ether oxygens (including phenoxy) is 1. The molecule has 0 saturated carbocycles. The van der Waals surface area contributed by atoms with Crippen LogP contribution in [0.5, 0.6) is 0 Å². The summed E-state index contributed by atoms with van der Waals surface area (Å²) in [7, 11) is 0. The lowest BCUT2D eigenvalue weighted by Gasteiger charge is -2.04. The maximum atomic E-state index is 11.3. The Morgan fingerprint density at radius 2 is 2.18 bits per heavy atom. The van der Waals surface area contributed by atoms with Gasteiger partial charge in [-0.2, -0.15) is 0 Å². The number of nitrogens with zero attached hydrogens (tertiary/aromatic N) is 2. The predicted octanol–water partition coefficient (Wildman–Crippen LogP) is -0.300. The Morgan fingerprint density at radius 1 is 1.47 bits per heavy atom. The minimum absolute atomic E-state index is 0.105. The molecular weight excluding hydrogens is 254 g/mol. The Morgan fingerprint density at radius 3 is 2.76 bits per heavy atom. The lowest BCUT2D eigenvalue weighted by atomic mass is 10.5. The van der Waals surface area contributed by atoms with Crippen LogP contribution in [0, 0.1) is 10.1 Å². The third kappa shape index (κ3) is 3.68. The molecule has 1 heterocycles. The average molecular weight is 264 g/mol. The van der Waals surface area contributed by atoms with Gasteiger partial charge < -0.3 is 4.74 Å². The Labute approximate surface area is 99.9 Å². The fourth-order valence-electron chi connectivity index (χ4n) is 1.11. The van der Waals surface area contributed by atoms with E-state index in [1.54, 1.807) is 0 Å². The van der Waals surface area contributed by atoms with Crippen molar-refractivity contribution in [1.82, 2.24) is 9.55 Å². The van der Waals surface area contributed by atoms with Crippen LogP contribution < -0.4 is 11.2 Å². The number of aromatic amines is 1. The summed E-state index contributed by atoms with van der Waals surface area (Å²) in [6.45, 7) is 0.602. The summed E-state index contributed by atoms with van der Waals surface area (Å²) in [6, 6.07) is 0. The van der Waals surface area contributed by atoms with Crippen LogP contribution in [0.1, 0.15) is 0 Å². The SMILES string of the molecule is O=c1[nH]c(=O)n(CCOCCCl)cc1[N+](=O)[O-]. The summed E-state index contributed by atoms with van der Waals surface area (Å²) in [5.74, 6) is 0.320. The summed E-state index contributed by atoms with van der Waals surface area (Å²) >= 11 is 5.37. The van der Waals surface area contributed by atoms with Crippen molar-refractivity contribution < 1.29 is 9.66 Å². The molecule has 1 N–H and O–H groups in total. The quantitative estimate of drug-likeness (QED) is 0.328. The molecule has 0 unspecified atom stereocenters. The van der Waals surface area contributed by atoms with E-state index in [2.05, 4.69) is 0 Å². The van der Waals surface area contributed by atoms with E-state index >= 15 is 0 Å². The molecule has 0 spiro atoms. The van der Waals surface area contributed by atoms with Crippen LogP contribution in [0.4, 0.5) is 5.69 Å². The second-order valence-corrected chi connectivity index (χ2v) is 3.40. The van der Waals surface area contributed by atoms with E-state index in [4.69, 9.17) is 16.3 Å². The molecule has 0 amide bonds. The Balaban J connectivity index is 2.85. The molecule has 9 heteroatoms. The van der Waals surface area contributed by atoms with Gasteiger partial charge >= 0.3 is 16.9 Å². The minimum atomic E-state index is -1.02. The monoisotopic (exact) mass is 263 g/mol. The number of aromatic nitrogens is 2. The highest BCUT2D eigenvalue weighted by molar-refractivity contribution is 6.17. The van der Waals surface area contributed by atoms with Gasteiger partial charge in [-0.1, -0.05) is 0 Å². The van der Waals surface area contributed by atoms with Crippen molar-refractivity contribution in [2.75, 3.05) is 19.1 Å². The van der Waals surface area contributed by atoms with Gasteiger partial charge in [-0.25, -0.2) is 4.79 Å². The maximum Gasteiger partial charge on any atom is 0.350 e. The summed E-state index contributed by atoms with van der Waals surface area (Å²) in [4.78, 5) is 33.8. The second-order valence-electron chi connectivity index (χ2n) is 3.03. The zero-order chi connectivity index (χ0) is 12.8. The van der Waals surface area contributed by atoms with Crippen molar-refractivity contribution in [3.8, 4) is 0 Å². The van der Waals surface area contributed by atoms with Gasteiger partial charge in [0.1, 0.15) is 0 Å². The van der Waals surface area contributed by atoms with E-state index in [1.807, 2.05) is 4.98 Å². The zero-order valence-corrected chi connectivity index (χ0v) is 9.48. The molecule has 0 radical (unpaired) electrons. The highest BCUT2D eigenvalue weighted by atomic mass is 35.5. The zero-order valence-electron chi connectivity index (χ0n) is 8.72. The average Bonchev–Trinajstić information content (AvgIpc) is 2.26. The lowest BCUT2D eigenvalue weighted by Crippen LogP contribution is -2.31. The topological polar surface area (TPSA) is 107 Å². The molecule has 8 nitrogen and oxygen atoms in total. The van der Waals surface area contributed by atoms with Crippen molar-refractivity contribution in [2.45, 2.75) is 6.54 Å². The van der Waals surface area contributed by atoms with E-state index in [1.165, 1.54) is 0 Å². The van der Waals surface area contributed by atoms with Gasteiger partial charge in [-0.3, -0.25) is 24.5 Å². The molecule has 0 fully saturated rings. The molecular formula is C8H10ClN3O5. The summed E-state index contributed by atoms with van der Waals surface area (Å²) in [5, 5.41) is 10.5. The third-order valence-electron chi connectivity index (χ3n) is 1.89. The molecule has 1 aromatic heterocycles. The van der Waals surface area contributed by atoms with E-state index < -0.39 is 21.9 Å². The van der Waals surface area contributed by atoms with Gasteiger partial charge in [0.15, 0.2) is 0 Å². The summed E-state index contributed by atoms with van der Waals surface area (Å²) < 4.78 is 6.03. The first-order valence-electron chi connectivity index (χ1n) is 4.68. The van der Waals surface area contributed by atoms with Crippen molar-refractivity contribution >= 4 is 17.3 Å². The first-order valence-corrected chi connectivity index (χ1v) is 5.21. The number of nitrogens with one attached hydrogen (secondary N) is 1. The van der Waals surface area contributed by atoms with Crippen molar-refractivity contribution in [1.29, 1.82) is 0 Å². The number of halogens is 1. The molecule has 1 aromatic rings. The molecule has 94 valence electrons. The largest absolute Gasteiger partial charge is 0.378 e. The van der Waals surface area contributed by atoms with E-state index in [0.717, 1.165) is 10.8 Å². The Hall–Kier alpha value is -1.67. The van der Waals surface area contributed by atoms with Gasteiger partial charge in [-0.15, -0.1) is 11.6 Å². The normalized spacial score (nSPS) is 10.4. The number of H-pyrrole nitrogens is 1. The molecule has 0 aliphatic carbocycles. The van der Waals surface area contributed by atoms with Crippen LogP contribution in [0.25, 0.3) is 0 Å². The fourth-order valence-corrected chi connectivity index (χ4v) is 1.22. The first kappa shape index (κ1) is 13.4. The van der Waals surface area contributed by atoms with Crippen LogP contribution in [0.2, 0.25) is 0 Å². The van der Waals surface area contributed by atoms with Gasteiger partial charge in [-0.05, 0) is 0 Å². The predicted molar refractivity (Wildman–Crippen MR) is 59.5 cm³/mol. The second kappa shape index (κ2) is 6.16. The lowest BCUT2D eigenvalue weighted by molar-refractivity contribution is -0.386. The molecule has 0 aliphatic heterocycles. The third-order valence-corrected chi connectivity index (χ3v) is 2.04. The first-order chi connectivity index (χ1) is 8.06. The van der Waals surface area contributed by atoms with Gasteiger partial charge in [0.25, 0.3) is 0 Å². The van der Waals surface area contributed by atoms with Crippen LogP contribution in [0.15, 0.2) is 15.8 Å². The van der Waals surface area contributed by atoms with Gasteiger partial charge in [0, 0.05) is 5.88 Å². The molecule has 1 rings (SSSR count). The van der Waals surface area contributed by atoms with Crippen LogP contribution in [-0.4, -0.2) is 33.6 Å². The van der Waals surface area contributed by atoms with Crippen molar-refractivity contribution in [3.63, 3.8) is 0 Å². The highest BCUT2D eigenvalue weighted by Crippen LogP contribution is 1.98. The number of hydrogen-bond acceptors (Lipinski definition) is 5. The van der Waals surface area contributed by atoms with Gasteiger partial charge in [0.2, 0.25) is 0 Å². The molecule has 0 aromatic carbocycles. The van der Waals surface area contributed by atoms with Crippen molar-refractivity contribution in [3.05, 3.63) is 37.1 Å². The number of rotatable bonds is 6. The molecule has 0 atom stereocenters. The maximum absolute atomic E-state index is 11.3. The van der Waals surface area contributed by atoms with Crippen LogP contribution in [0.3, 0.4) is 0 Å². The molecule has 0 saturated heterocycles. The number of hydrogen-bond donors (Lipinski definition) is 1. The number of alkyl halides is 1. The Bertz CT molecular complexity index is 509. The molecule has 0 aliphatic rings.